The summed E-state index contributed by atoms with van der Waals surface area (Å²) in [5.41, 5.74) is 4.26. The molecule has 0 saturated heterocycles. The Hall–Kier alpha value is -0.970. The SMILES string of the molecule is COc1ccc(Cl)cc1C(NN)c1cc(Cl)ccc1Cl. The predicted molar refractivity (Wildman–Crippen MR) is 83.6 cm³/mol. The molecule has 0 saturated carbocycles. The van der Waals surface area contributed by atoms with Crippen LogP contribution in [0.2, 0.25) is 15.1 Å². The predicted octanol–water partition coefficient (Wildman–Crippen LogP) is 4.21. The fourth-order valence-corrected chi connectivity index (χ4v) is 2.60. The zero-order valence-electron chi connectivity index (χ0n) is 10.7. The number of rotatable bonds is 4. The first-order valence-corrected chi connectivity index (χ1v) is 6.94. The molecule has 3 nitrogen and oxygen atoms in total. The first-order chi connectivity index (χ1) is 9.56. The molecule has 0 bridgehead atoms. The molecule has 0 radical (unpaired) electrons. The van der Waals surface area contributed by atoms with Crippen LogP contribution in [0, 0.1) is 0 Å². The molecule has 20 heavy (non-hydrogen) atoms. The van der Waals surface area contributed by atoms with E-state index in [1.54, 1.807) is 43.5 Å². The van der Waals surface area contributed by atoms with Gasteiger partial charge in [-0.1, -0.05) is 34.8 Å². The van der Waals surface area contributed by atoms with Crippen LogP contribution in [0.25, 0.3) is 0 Å². The molecular formula is C14H13Cl3N2O. The van der Waals surface area contributed by atoms with Gasteiger partial charge in [-0.3, -0.25) is 5.84 Å². The Labute approximate surface area is 132 Å². The van der Waals surface area contributed by atoms with Gasteiger partial charge < -0.3 is 4.74 Å². The molecule has 0 aromatic heterocycles. The highest BCUT2D eigenvalue weighted by Gasteiger charge is 2.20. The molecule has 3 N–H and O–H groups in total. The van der Waals surface area contributed by atoms with E-state index in [0.29, 0.717) is 20.8 Å². The van der Waals surface area contributed by atoms with Crippen molar-refractivity contribution in [2.75, 3.05) is 7.11 Å². The maximum atomic E-state index is 6.23. The van der Waals surface area contributed by atoms with E-state index in [-0.39, 0.29) is 6.04 Å². The molecule has 2 aromatic rings. The summed E-state index contributed by atoms with van der Waals surface area (Å²) < 4.78 is 5.34. The summed E-state index contributed by atoms with van der Waals surface area (Å²) >= 11 is 18.3. The van der Waals surface area contributed by atoms with Gasteiger partial charge in [-0.05, 0) is 42.0 Å². The standard InChI is InChI=1S/C14H13Cl3N2O/c1-20-13-5-3-9(16)7-11(13)14(19-18)10-6-8(15)2-4-12(10)17/h2-7,14,19H,18H2,1H3. The molecule has 2 rings (SSSR count). The molecule has 0 fully saturated rings. The molecule has 0 aliphatic heterocycles. The molecule has 2 aromatic carbocycles. The van der Waals surface area contributed by atoms with Crippen LogP contribution in [-0.2, 0) is 0 Å². The van der Waals surface area contributed by atoms with Crippen LogP contribution < -0.4 is 16.0 Å². The van der Waals surface area contributed by atoms with Crippen LogP contribution in [-0.4, -0.2) is 7.11 Å². The second-order valence-electron chi connectivity index (χ2n) is 4.15. The summed E-state index contributed by atoms with van der Waals surface area (Å²) in [5.74, 6) is 6.34. The second-order valence-corrected chi connectivity index (χ2v) is 5.43. The third kappa shape index (κ3) is 3.19. The van der Waals surface area contributed by atoms with Crippen molar-refractivity contribution in [2.45, 2.75) is 6.04 Å². The number of benzene rings is 2. The van der Waals surface area contributed by atoms with Gasteiger partial charge in [-0.25, -0.2) is 5.43 Å². The maximum absolute atomic E-state index is 6.23. The fraction of sp³-hybridized carbons (Fsp3) is 0.143. The zero-order valence-corrected chi connectivity index (χ0v) is 12.9. The first-order valence-electron chi connectivity index (χ1n) is 5.81. The first kappa shape index (κ1) is 15.4. The van der Waals surface area contributed by atoms with Crippen molar-refractivity contribution in [2.24, 2.45) is 5.84 Å². The van der Waals surface area contributed by atoms with Crippen molar-refractivity contribution < 1.29 is 4.74 Å². The number of nitrogens with two attached hydrogens (primary N) is 1. The Kier molecular flexibility index (Phi) is 5.13. The van der Waals surface area contributed by atoms with Crippen LogP contribution in [0.4, 0.5) is 0 Å². The quantitative estimate of drug-likeness (QED) is 0.652. The van der Waals surface area contributed by atoms with E-state index in [4.69, 9.17) is 45.4 Å². The fourth-order valence-electron chi connectivity index (χ4n) is 2.01. The molecule has 0 heterocycles. The van der Waals surface area contributed by atoms with Gasteiger partial charge in [0.25, 0.3) is 0 Å². The number of hydrogen-bond acceptors (Lipinski definition) is 3. The molecule has 0 aliphatic carbocycles. The van der Waals surface area contributed by atoms with Gasteiger partial charge in [-0.2, -0.15) is 0 Å². The molecule has 0 spiro atoms. The number of hydrazine groups is 1. The van der Waals surface area contributed by atoms with E-state index in [1.807, 2.05) is 0 Å². The summed E-state index contributed by atoms with van der Waals surface area (Å²) in [7, 11) is 1.58. The summed E-state index contributed by atoms with van der Waals surface area (Å²) in [4.78, 5) is 0. The van der Waals surface area contributed by atoms with Crippen molar-refractivity contribution in [3.63, 3.8) is 0 Å². The van der Waals surface area contributed by atoms with Crippen LogP contribution in [0.5, 0.6) is 5.75 Å². The number of ether oxygens (including phenoxy) is 1. The van der Waals surface area contributed by atoms with E-state index in [2.05, 4.69) is 5.43 Å². The summed E-state index contributed by atoms with van der Waals surface area (Å²) in [6.07, 6.45) is 0. The smallest absolute Gasteiger partial charge is 0.124 e. The lowest BCUT2D eigenvalue weighted by Gasteiger charge is -2.21. The summed E-state index contributed by atoms with van der Waals surface area (Å²) in [6, 6.07) is 10.1. The van der Waals surface area contributed by atoms with Crippen molar-refractivity contribution in [3.8, 4) is 5.75 Å². The molecule has 1 unspecified atom stereocenters. The van der Waals surface area contributed by atoms with Crippen molar-refractivity contribution in [3.05, 3.63) is 62.6 Å². The number of nitrogens with one attached hydrogen (secondary N) is 1. The number of halogens is 3. The van der Waals surface area contributed by atoms with E-state index in [0.717, 1.165) is 11.1 Å². The van der Waals surface area contributed by atoms with Gasteiger partial charge in [-0.15, -0.1) is 0 Å². The zero-order chi connectivity index (χ0) is 14.7. The Morgan fingerprint density at radius 1 is 1.00 bits per heavy atom. The van der Waals surface area contributed by atoms with Crippen molar-refractivity contribution >= 4 is 34.8 Å². The molecule has 1 atom stereocenters. The summed E-state index contributed by atoms with van der Waals surface area (Å²) in [5, 5.41) is 1.71. The largest absolute Gasteiger partial charge is 0.496 e. The van der Waals surface area contributed by atoms with Crippen molar-refractivity contribution in [1.29, 1.82) is 0 Å². The van der Waals surface area contributed by atoms with Gasteiger partial charge in [0, 0.05) is 20.6 Å². The number of hydrogen-bond donors (Lipinski definition) is 2. The third-order valence-electron chi connectivity index (χ3n) is 2.94. The Balaban J connectivity index is 2.57. The average molecular weight is 332 g/mol. The molecule has 106 valence electrons. The van der Waals surface area contributed by atoms with Gasteiger partial charge in [0.15, 0.2) is 0 Å². The minimum atomic E-state index is -0.380. The van der Waals surface area contributed by atoms with E-state index in [9.17, 15) is 0 Å². The highest BCUT2D eigenvalue weighted by atomic mass is 35.5. The van der Waals surface area contributed by atoms with Crippen LogP contribution in [0.3, 0.4) is 0 Å². The molecule has 0 aliphatic rings. The lowest BCUT2D eigenvalue weighted by atomic mass is 9.98. The van der Waals surface area contributed by atoms with E-state index in [1.165, 1.54) is 0 Å². The highest BCUT2D eigenvalue weighted by molar-refractivity contribution is 6.33. The number of methoxy groups -OCH3 is 1. The highest BCUT2D eigenvalue weighted by Crippen LogP contribution is 2.35. The Bertz CT molecular complexity index is 619. The second kappa shape index (κ2) is 6.66. The van der Waals surface area contributed by atoms with Crippen molar-refractivity contribution in [1.82, 2.24) is 5.43 Å². The topological polar surface area (TPSA) is 47.3 Å². The molecule has 6 heteroatoms. The van der Waals surface area contributed by atoms with Gasteiger partial charge in [0.1, 0.15) is 5.75 Å². The normalized spacial score (nSPS) is 12.2. The van der Waals surface area contributed by atoms with Gasteiger partial charge in [0.2, 0.25) is 0 Å². The lowest BCUT2D eigenvalue weighted by Crippen LogP contribution is -2.29. The third-order valence-corrected chi connectivity index (χ3v) is 3.75. The van der Waals surface area contributed by atoms with E-state index < -0.39 is 0 Å². The molecule has 0 amide bonds. The maximum Gasteiger partial charge on any atom is 0.124 e. The van der Waals surface area contributed by atoms with Crippen LogP contribution in [0.1, 0.15) is 17.2 Å². The van der Waals surface area contributed by atoms with Gasteiger partial charge in [0.05, 0.1) is 13.2 Å². The monoisotopic (exact) mass is 330 g/mol. The van der Waals surface area contributed by atoms with E-state index >= 15 is 0 Å². The molecular weight excluding hydrogens is 319 g/mol. The Morgan fingerprint density at radius 3 is 2.20 bits per heavy atom. The minimum absolute atomic E-state index is 0.380. The van der Waals surface area contributed by atoms with Crippen LogP contribution >= 0.6 is 34.8 Å². The van der Waals surface area contributed by atoms with Crippen LogP contribution in [0.15, 0.2) is 36.4 Å². The minimum Gasteiger partial charge on any atom is -0.496 e. The lowest BCUT2D eigenvalue weighted by molar-refractivity contribution is 0.404. The van der Waals surface area contributed by atoms with Gasteiger partial charge >= 0.3 is 0 Å². The average Bonchev–Trinajstić information content (AvgIpc) is 2.44. The summed E-state index contributed by atoms with van der Waals surface area (Å²) in [6.45, 7) is 0. The Morgan fingerprint density at radius 2 is 1.60 bits per heavy atom.